The first-order valence-corrected chi connectivity index (χ1v) is 12.8. The Kier molecular flexibility index (Phi) is 9.28. The lowest BCUT2D eigenvalue weighted by Crippen LogP contribution is -2.29. The number of hydrogen-bond acceptors (Lipinski definition) is 8. The van der Waals surface area contributed by atoms with Crippen molar-refractivity contribution >= 4 is 46.0 Å². The average Bonchev–Trinajstić information content (AvgIpc) is 3.13. The Labute approximate surface area is 236 Å². The van der Waals surface area contributed by atoms with Gasteiger partial charge >= 0.3 is 12.1 Å². The molecule has 1 aliphatic heterocycles. The van der Waals surface area contributed by atoms with Crippen LogP contribution >= 0.6 is 23.2 Å². The third-order valence-corrected chi connectivity index (χ3v) is 6.52. The normalized spacial score (nSPS) is 14.7. The summed E-state index contributed by atoms with van der Waals surface area (Å²) in [5.41, 5.74) is 3.21. The number of alkyl halides is 3. The van der Waals surface area contributed by atoms with E-state index in [9.17, 15) is 13.2 Å². The van der Waals surface area contributed by atoms with Crippen LogP contribution in [0.1, 0.15) is 25.0 Å². The molecule has 3 N–H and O–H groups in total. The van der Waals surface area contributed by atoms with Crippen molar-refractivity contribution < 1.29 is 27.8 Å². The van der Waals surface area contributed by atoms with Crippen LogP contribution in [0.5, 0.6) is 5.75 Å². The van der Waals surface area contributed by atoms with Gasteiger partial charge < -0.3 is 20.1 Å². The average molecular weight is 598 g/mol. The Morgan fingerprint density at radius 3 is 2.42 bits per heavy atom. The number of H-pyrrole nitrogens is 1. The van der Waals surface area contributed by atoms with Gasteiger partial charge in [-0.1, -0.05) is 23.2 Å². The molecular formula is C25H24Cl2F3N7O3. The highest BCUT2D eigenvalue weighted by atomic mass is 35.5. The predicted molar refractivity (Wildman–Crippen MR) is 144 cm³/mol. The SMILES string of the molecule is CC(Oc1ccc2[nH]nc(-c3cnc(N4CCCNCC4)nc3)c2c1)c1c(Cl)cncc1Cl.O=C(O)C(F)(F)F. The van der Waals surface area contributed by atoms with Gasteiger partial charge in [0.2, 0.25) is 5.95 Å². The highest BCUT2D eigenvalue weighted by Gasteiger charge is 2.38. The summed E-state index contributed by atoms with van der Waals surface area (Å²) in [5, 5.41) is 19.9. The molecule has 0 spiro atoms. The summed E-state index contributed by atoms with van der Waals surface area (Å²) in [6, 6.07) is 5.77. The summed E-state index contributed by atoms with van der Waals surface area (Å²) in [4.78, 5) is 24.3. The van der Waals surface area contributed by atoms with E-state index in [2.05, 4.69) is 35.4 Å². The number of carboxylic acid groups (broad SMARTS) is 1. The van der Waals surface area contributed by atoms with E-state index in [1.165, 1.54) is 0 Å². The monoisotopic (exact) mass is 597 g/mol. The number of aromatic nitrogens is 5. The maximum Gasteiger partial charge on any atom is 0.490 e. The number of carbonyl (C=O) groups is 1. The molecule has 4 heterocycles. The van der Waals surface area contributed by atoms with E-state index in [0.29, 0.717) is 21.4 Å². The van der Waals surface area contributed by atoms with Gasteiger partial charge in [-0.15, -0.1) is 0 Å². The third kappa shape index (κ3) is 7.09. The first-order chi connectivity index (χ1) is 19.0. The lowest BCUT2D eigenvalue weighted by atomic mass is 10.1. The smallest absolute Gasteiger partial charge is 0.486 e. The number of nitrogens with one attached hydrogen (secondary N) is 2. The van der Waals surface area contributed by atoms with Crippen LogP contribution in [0.3, 0.4) is 0 Å². The number of nitrogens with zero attached hydrogens (tertiary/aromatic N) is 5. The molecule has 1 fully saturated rings. The Morgan fingerprint density at radius 1 is 1.10 bits per heavy atom. The van der Waals surface area contributed by atoms with Crippen LogP contribution in [0, 0.1) is 0 Å². The standard InChI is InChI=1S/C23H23Cl2N7O.C2HF3O2/c1-14(21-18(24)12-27-13-19(21)25)33-16-3-4-20-17(9-16)22(31-30-20)15-10-28-23(29-11-15)32-7-2-5-26-6-8-32;3-2(4,5)1(6)7/h3-4,9-14,26H,2,5-8H2,1H3,(H,30,31);(H,6,7). The Morgan fingerprint density at radius 2 is 1.77 bits per heavy atom. The van der Waals surface area contributed by atoms with Crippen LogP contribution in [0.2, 0.25) is 10.0 Å². The van der Waals surface area contributed by atoms with Crippen molar-refractivity contribution in [2.75, 3.05) is 31.1 Å². The minimum atomic E-state index is -5.08. The molecule has 1 aliphatic rings. The molecule has 40 heavy (non-hydrogen) atoms. The van der Waals surface area contributed by atoms with Gasteiger partial charge in [-0.05, 0) is 38.1 Å². The molecule has 15 heteroatoms. The molecule has 0 saturated carbocycles. The minimum Gasteiger partial charge on any atom is -0.486 e. The fourth-order valence-corrected chi connectivity index (χ4v) is 4.68. The second-order valence-electron chi connectivity index (χ2n) is 8.72. The van der Waals surface area contributed by atoms with Gasteiger partial charge in [0.05, 0.1) is 15.6 Å². The second-order valence-corrected chi connectivity index (χ2v) is 9.54. The maximum atomic E-state index is 10.6. The van der Waals surface area contributed by atoms with Gasteiger partial charge in [0.1, 0.15) is 17.5 Å². The molecule has 212 valence electrons. The summed E-state index contributed by atoms with van der Waals surface area (Å²) in [7, 11) is 0. The van der Waals surface area contributed by atoms with Crippen LogP contribution in [0.4, 0.5) is 19.1 Å². The van der Waals surface area contributed by atoms with E-state index in [4.69, 9.17) is 37.8 Å². The molecule has 3 aromatic heterocycles. The molecule has 0 bridgehead atoms. The molecule has 5 rings (SSSR count). The summed E-state index contributed by atoms with van der Waals surface area (Å²) in [5.74, 6) is -1.34. The number of ether oxygens (including phenoxy) is 1. The van der Waals surface area contributed by atoms with Gasteiger partial charge in [-0.2, -0.15) is 18.3 Å². The predicted octanol–water partition coefficient (Wildman–Crippen LogP) is 5.29. The minimum absolute atomic E-state index is 0.355. The van der Waals surface area contributed by atoms with Crippen molar-refractivity contribution in [3.63, 3.8) is 0 Å². The first kappa shape index (κ1) is 29.3. The van der Waals surface area contributed by atoms with Crippen molar-refractivity contribution in [1.29, 1.82) is 0 Å². The maximum absolute atomic E-state index is 10.6. The summed E-state index contributed by atoms with van der Waals surface area (Å²) >= 11 is 12.6. The molecule has 1 aromatic carbocycles. The number of halogens is 5. The lowest BCUT2D eigenvalue weighted by molar-refractivity contribution is -0.192. The van der Waals surface area contributed by atoms with Crippen molar-refractivity contribution in [2.45, 2.75) is 25.6 Å². The fraction of sp³-hybridized carbons (Fsp3) is 0.320. The van der Waals surface area contributed by atoms with Crippen LogP contribution in [-0.2, 0) is 4.79 Å². The number of fused-ring (bicyclic) bond motifs is 1. The Bertz CT molecular complexity index is 1440. The molecule has 1 saturated heterocycles. The van der Waals surface area contributed by atoms with Crippen molar-refractivity contribution in [2.24, 2.45) is 0 Å². The van der Waals surface area contributed by atoms with Gasteiger partial charge in [0.25, 0.3) is 0 Å². The lowest BCUT2D eigenvalue weighted by Gasteiger charge is -2.19. The van der Waals surface area contributed by atoms with E-state index < -0.39 is 12.1 Å². The highest BCUT2D eigenvalue weighted by molar-refractivity contribution is 6.35. The van der Waals surface area contributed by atoms with Gasteiger partial charge in [0, 0.05) is 60.9 Å². The molecule has 0 radical (unpaired) electrons. The van der Waals surface area contributed by atoms with Gasteiger partial charge in [-0.3, -0.25) is 10.1 Å². The van der Waals surface area contributed by atoms with E-state index >= 15 is 0 Å². The van der Waals surface area contributed by atoms with Crippen molar-refractivity contribution in [1.82, 2.24) is 30.5 Å². The number of benzene rings is 1. The summed E-state index contributed by atoms with van der Waals surface area (Å²) < 4.78 is 37.9. The number of anilines is 1. The van der Waals surface area contributed by atoms with E-state index in [0.717, 1.165) is 60.7 Å². The van der Waals surface area contributed by atoms with E-state index in [1.54, 1.807) is 12.4 Å². The molecule has 10 nitrogen and oxygen atoms in total. The molecule has 4 aromatic rings. The number of aromatic amines is 1. The van der Waals surface area contributed by atoms with E-state index in [1.807, 2.05) is 37.5 Å². The van der Waals surface area contributed by atoms with Crippen LogP contribution in [0.15, 0.2) is 43.0 Å². The Balaban J connectivity index is 0.000000470. The topological polar surface area (TPSA) is 129 Å². The molecule has 1 atom stereocenters. The Hall–Kier alpha value is -3.68. The van der Waals surface area contributed by atoms with E-state index in [-0.39, 0.29) is 6.10 Å². The summed E-state index contributed by atoms with van der Waals surface area (Å²) in [6.07, 6.45) is 2.40. The largest absolute Gasteiger partial charge is 0.490 e. The summed E-state index contributed by atoms with van der Waals surface area (Å²) in [6.45, 7) is 5.71. The fourth-order valence-electron chi connectivity index (χ4n) is 4.01. The van der Waals surface area contributed by atoms with Crippen LogP contribution in [-0.4, -0.2) is 68.6 Å². The van der Waals surface area contributed by atoms with Gasteiger partial charge in [0.15, 0.2) is 0 Å². The molecule has 0 amide bonds. The number of pyridine rings is 1. The molecule has 1 unspecified atom stereocenters. The third-order valence-electron chi connectivity index (χ3n) is 5.92. The van der Waals surface area contributed by atoms with Gasteiger partial charge in [-0.25, -0.2) is 14.8 Å². The highest BCUT2D eigenvalue weighted by Crippen LogP contribution is 2.34. The van der Waals surface area contributed by atoms with Crippen molar-refractivity contribution in [3.8, 4) is 17.0 Å². The van der Waals surface area contributed by atoms with Crippen molar-refractivity contribution in [3.05, 3.63) is 58.6 Å². The number of hydrogen-bond donors (Lipinski definition) is 3. The zero-order chi connectivity index (χ0) is 28.9. The second kappa shape index (κ2) is 12.7. The van der Waals surface area contributed by atoms with Crippen LogP contribution < -0.4 is 15.0 Å². The number of rotatable bonds is 5. The molecule has 0 aliphatic carbocycles. The number of aliphatic carboxylic acids is 1. The molecular weight excluding hydrogens is 574 g/mol. The zero-order valence-electron chi connectivity index (χ0n) is 21.0. The first-order valence-electron chi connectivity index (χ1n) is 12.1. The van der Waals surface area contributed by atoms with Crippen LogP contribution in [0.25, 0.3) is 22.2 Å². The number of carboxylic acids is 1. The zero-order valence-corrected chi connectivity index (χ0v) is 22.6. The quantitative estimate of drug-likeness (QED) is 0.281.